The van der Waals surface area contributed by atoms with Gasteiger partial charge in [0.05, 0.1) is 0 Å². The summed E-state index contributed by atoms with van der Waals surface area (Å²) in [5.41, 5.74) is 1.76. The number of carbonyl (C=O) groups excluding carboxylic acids is 1. The van der Waals surface area contributed by atoms with E-state index in [-0.39, 0.29) is 11.8 Å². The minimum Gasteiger partial charge on any atom is -0.478 e. The van der Waals surface area contributed by atoms with Gasteiger partial charge in [-0.3, -0.25) is 4.79 Å². The van der Waals surface area contributed by atoms with Crippen LogP contribution in [0, 0.1) is 5.92 Å². The molecule has 1 aromatic carbocycles. The van der Waals surface area contributed by atoms with E-state index in [9.17, 15) is 9.59 Å². The van der Waals surface area contributed by atoms with Crippen LogP contribution >= 0.6 is 0 Å². The first-order chi connectivity index (χ1) is 9.56. The molecule has 0 aliphatic rings. The second-order valence-corrected chi connectivity index (χ2v) is 4.65. The quantitative estimate of drug-likeness (QED) is 0.752. The molecule has 0 aromatic heterocycles. The predicted octanol–water partition coefficient (Wildman–Crippen LogP) is 2.84. The first-order valence-electron chi connectivity index (χ1n) is 6.84. The summed E-state index contributed by atoms with van der Waals surface area (Å²) < 4.78 is 0. The SMILES string of the molecule is CCC(CC)C(=O)NCc1cccc(C=CC(=O)O)c1. The van der Waals surface area contributed by atoms with Gasteiger partial charge in [0, 0.05) is 18.5 Å². The van der Waals surface area contributed by atoms with Crippen LogP contribution in [0.5, 0.6) is 0 Å². The van der Waals surface area contributed by atoms with E-state index in [1.54, 1.807) is 0 Å². The van der Waals surface area contributed by atoms with Gasteiger partial charge in [0.1, 0.15) is 0 Å². The van der Waals surface area contributed by atoms with E-state index in [0.29, 0.717) is 6.54 Å². The maximum Gasteiger partial charge on any atom is 0.328 e. The number of hydrogen-bond acceptors (Lipinski definition) is 2. The van der Waals surface area contributed by atoms with Crippen molar-refractivity contribution in [3.05, 3.63) is 41.5 Å². The smallest absolute Gasteiger partial charge is 0.328 e. The van der Waals surface area contributed by atoms with E-state index in [0.717, 1.165) is 30.0 Å². The molecule has 0 bridgehead atoms. The van der Waals surface area contributed by atoms with Crippen LogP contribution in [0.15, 0.2) is 30.3 Å². The summed E-state index contributed by atoms with van der Waals surface area (Å²) in [6.45, 7) is 4.47. The Hall–Kier alpha value is -2.10. The van der Waals surface area contributed by atoms with Gasteiger partial charge in [-0.2, -0.15) is 0 Å². The molecule has 0 heterocycles. The molecule has 20 heavy (non-hydrogen) atoms. The topological polar surface area (TPSA) is 66.4 Å². The lowest BCUT2D eigenvalue weighted by atomic mass is 10.0. The summed E-state index contributed by atoms with van der Waals surface area (Å²) in [7, 11) is 0. The zero-order valence-corrected chi connectivity index (χ0v) is 11.9. The molecule has 0 spiro atoms. The highest BCUT2D eigenvalue weighted by Crippen LogP contribution is 2.10. The van der Waals surface area contributed by atoms with E-state index in [4.69, 9.17) is 5.11 Å². The normalized spacial score (nSPS) is 10.9. The number of nitrogens with one attached hydrogen (secondary N) is 1. The maximum absolute atomic E-state index is 11.9. The van der Waals surface area contributed by atoms with Gasteiger partial charge in [-0.1, -0.05) is 32.0 Å². The van der Waals surface area contributed by atoms with Crippen LogP contribution in [0.3, 0.4) is 0 Å². The van der Waals surface area contributed by atoms with Crippen molar-refractivity contribution in [1.29, 1.82) is 0 Å². The number of benzene rings is 1. The maximum atomic E-state index is 11.9. The fourth-order valence-corrected chi connectivity index (χ4v) is 1.97. The van der Waals surface area contributed by atoms with E-state index in [1.165, 1.54) is 6.08 Å². The average Bonchev–Trinajstić information content (AvgIpc) is 2.44. The Morgan fingerprint density at radius 3 is 2.60 bits per heavy atom. The Labute approximate surface area is 119 Å². The largest absolute Gasteiger partial charge is 0.478 e. The zero-order chi connectivity index (χ0) is 15.0. The van der Waals surface area contributed by atoms with E-state index < -0.39 is 5.97 Å². The second kappa shape index (κ2) is 8.15. The summed E-state index contributed by atoms with van der Waals surface area (Å²) in [5, 5.41) is 11.5. The van der Waals surface area contributed by atoms with Crippen LogP contribution in [-0.4, -0.2) is 17.0 Å². The number of amides is 1. The fraction of sp³-hybridized carbons (Fsp3) is 0.375. The van der Waals surface area contributed by atoms with E-state index in [1.807, 2.05) is 38.1 Å². The van der Waals surface area contributed by atoms with Gasteiger partial charge in [-0.05, 0) is 36.1 Å². The average molecular weight is 275 g/mol. The lowest BCUT2D eigenvalue weighted by molar-refractivity contribution is -0.131. The molecule has 0 radical (unpaired) electrons. The van der Waals surface area contributed by atoms with Crippen molar-refractivity contribution in [3.8, 4) is 0 Å². The van der Waals surface area contributed by atoms with Gasteiger partial charge in [-0.15, -0.1) is 0 Å². The predicted molar refractivity (Wildman–Crippen MR) is 79.0 cm³/mol. The summed E-state index contributed by atoms with van der Waals surface area (Å²) in [4.78, 5) is 22.3. The van der Waals surface area contributed by atoms with E-state index >= 15 is 0 Å². The number of carboxylic acids is 1. The molecule has 4 nitrogen and oxygen atoms in total. The summed E-state index contributed by atoms with van der Waals surface area (Å²) in [6, 6.07) is 7.45. The second-order valence-electron chi connectivity index (χ2n) is 4.65. The molecule has 108 valence electrons. The van der Waals surface area contributed by atoms with Gasteiger partial charge in [0.25, 0.3) is 0 Å². The molecule has 4 heteroatoms. The van der Waals surface area contributed by atoms with Crippen molar-refractivity contribution < 1.29 is 14.7 Å². The molecule has 0 aliphatic carbocycles. The Morgan fingerprint density at radius 2 is 2.00 bits per heavy atom. The Balaban J connectivity index is 2.62. The molecule has 1 rings (SSSR count). The Bertz CT molecular complexity index is 490. The van der Waals surface area contributed by atoms with Gasteiger partial charge in [0.2, 0.25) is 5.91 Å². The molecule has 0 aliphatic heterocycles. The van der Waals surface area contributed by atoms with Crippen LogP contribution in [-0.2, 0) is 16.1 Å². The number of carbonyl (C=O) groups is 2. The molecule has 1 amide bonds. The number of carboxylic acid groups (broad SMARTS) is 1. The van der Waals surface area contributed by atoms with Crippen molar-refractivity contribution in [3.63, 3.8) is 0 Å². The lowest BCUT2D eigenvalue weighted by Gasteiger charge is -2.12. The third-order valence-corrected chi connectivity index (χ3v) is 3.19. The van der Waals surface area contributed by atoms with Gasteiger partial charge >= 0.3 is 5.97 Å². The summed E-state index contributed by atoms with van der Waals surface area (Å²) >= 11 is 0. The van der Waals surface area contributed by atoms with Crippen molar-refractivity contribution in [2.75, 3.05) is 0 Å². The molecule has 1 aromatic rings. The zero-order valence-electron chi connectivity index (χ0n) is 11.9. The monoisotopic (exact) mass is 275 g/mol. The van der Waals surface area contributed by atoms with Crippen LogP contribution in [0.1, 0.15) is 37.8 Å². The van der Waals surface area contributed by atoms with Crippen LogP contribution in [0.25, 0.3) is 6.08 Å². The highest BCUT2D eigenvalue weighted by molar-refractivity contribution is 5.85. The molecular formula is C16H21NO3. The van der Waals surface area contributed by atoms with Gasteiger partial charge < -0.3 is 10.4 Å². The highest BCUT2D eigenvalue weighted by atomic mass is 16.4. The van der Waals surface area contributed by atoms with E-state index in [2.05, 4.69) is 5.32 Å². The van der Waals surface area contributed by atoms with Gasteiger partial charge in [0.15, 0.2) is 0 Å². The third kappa shape index (κ3) is 5.26. The number of hydrogen-bond donors (Lipinski definition) is 2. The minimum absolute atomic E-state index is 0.0603. The third-order valence-electron chi connectivity index (χ3n) is 3.19. The molecule has 0 fully saturated rings. The molecule has 0 unspecified atom stereocenters. The molecule has 0 saturated carbocycles. The van der Waals surface area contributed by atoms with Gasteiger partial charge in [-0.25, -0.2) is 4.79 Å². The molecular weight excluding hydrogens is 254 g/mol. The van der Waals surface area contributed by atoms with Crippen LogP contribution < -0.4 is 5.32 Å². The van der Waals surface area contributed by atoms with Crippen molar-refractivity contribution in [2.24, 2.45) is 5.92 Å². The summed E-state index contributed by atoms with van der Waals surface area (Å²) in [6.07, 6.45) is 4.31. The molecule has 0 saturated heterocycles. The molecule has 2 N–H and O–H groups in total. The van der Waals surface area contributed by atoms with Crippen LogP contribution in [0.4, 0.5) is 0 Å². The fourth-order valence-electron chi connectivity index (χ4n) is 1.97. The van der Waals surface area contributed by atoms with Crippen molar-refractivity contribution in [2.45, 2.75) is 33.2 Å². The Morgan fingerprint density at radius 1 is 1.30 bits per heavy atom. The lowest BCUT2D eigenvalue weighted by Crippen LogP contribution is -2.29. The number of aliphatic carboxylic acids is 1. The minimum atomic E-state index is -0.975. The van der Waals surface area contributed by atoms with Crippen LogP contribution in [0.2, 0.25) is 0 Å². The summed E-state index contributed by atoms with van der Waals surface area (Å²) in [5.74, 6) is -0.844. The van der Waals surface area contributed by atoms with Crippen molar-refractivity contribution >= 4 is 18.0 Å². The number of rotatable bonds is 7. The Kier molecular flexibility index (Phi) is 6.50. The highest BCUT2D eigenvalue weighted by Gasteiger charge is 2.13. The first-order valence-corrected chi connectivity index (χ1v) is 6.84. The first kappa shape index (κ1) is 16.0. The standard InChI is InChI=1S/C16H21NO3/c1-3-14(4-2)16(20)17-11-13-7-5-6-12(10-13)8-9-15(18)19/h5-10,14H,3-4,11H2,1-2H3,(H,17,20)(H,18,19). The molecule has 0 atom stereocenters. The van der Waals surface area contributed by atoms with Crippen molar-refractivity contribution in [1.82, 2.24) is 5.32 Å².